The first-order chi connectivity index (χ1) is 17.0. The number of carbonyl (C=O) groups is 1. The van der Waals surface area contributed by atoms with E-state index in [-0.39, 0.29) is 5.82 Å². The molecule has 1 saturated heterocycles. The van der Waals surface area contributed by atoms with Crippen molar-refractivity contribution < 1.29 is 4.79 Å². The van der Waals surface area contributed by atoms with Crippen LogP contribution in [0.3, 0.4) is 0 Å². The molecule has 2 aromatic carbocycles. The zero-order valence-corrected chi connectivity index (χ0v) is 21.1. The summed E-state index contributed by atoms with van der Waals surface area (Å²) in [7, 11) is 0. The molecule has 4 aromatic rings. The molecule has 5 rings (SSSR count). The van der Waals surface area contributed by atoms with Gasteiger partial charge in [-0.1, -0.05) is 18.2 Å². The van der Waals surface area contributed by atoms with Gasteiger partial charge in [-0.3, -0.25) is 9.89 Å². The molecule has 2 aromatic heterocycles. The molecule has 0 spiro atoms. The van der Waals surface area contributed by atoms with Gasteiger partial charge in [-0.15, -0.1) is 0 Å². The summed E-state index contributed by atoms with van der Waals surface area (Å²) in [6.07, 6.45) is 4.39. The fraction of sp³-hybridized carbons (Fsp3) is 0.240. The van der Waals surface area contributed by atoms with E-state index in [9.17, 15) is 4.79 Å². The molecule has 10 heteroatoms. The fourth-order valence-corrected chi connectivity index (χ4v) is 4.92. The highest BCUT2D eigenvalue weighted by molar-refractivity contribution is 14.1. The van der Waals surface area contributed by atoms with Gasteiger partial charge < -0.3 is 16.8 Å². The average Bonchev–Trinajstić information content (AvgIpc) is 3.35. The van der Waals surface area contributed by atoms with Crippen molar-refractivity contribution in [2.45, 2.75) is 25.2 Å². The summed E-state index contributed by atoms with van der Waals surface area (Å²) in [4.78, 5) is 25.7. The van der Waals surface area contributed by atoms with Crippen molar-refractivity contribution in [1.29, 1.82) is 0 Å². The number of aromatic nitrogens is 5. The largest absolute Gasteiger partial charge is 0.382 e. The number of hydrogen-bond donors (Lipinski definition) is 4. The molecule has 9 nitrogen and oxygen atoms in total. The smallest absolute Gasteiger partial charge is 0.248 e. The molecule has 1 amide bonds. The summed E-state index contributed by atoms with van der Waals surface area (Å²) in [5, 5.41) is 10.8. The predicted molar refractivity (Wildman–Crippen MR) is 143 cm³/mol. The summed E-state index contributed by atoms with van der Waals surface area (Å²) >= 11 is 2.23. The fourth-order valence-electron chi connectivity index (χ4n) is 4.36. The number of piperidine rings is 1. The molecule has 6 N–H and O–H groups in total. The van der Waals surface area contributed by atoms with Crippen molar-refractivity contribution in [2.75, 3.05) is 18.8 Å². The van der Waals surface area contributed by atoms with Gasteiger partial charge in [0, 0.05) is 27.2 Å². The highest BCUT2D eigenvalue weighted by Gasteiger charge is 2.21. The molecule has 0 radical (unpaired) electrons. The molecule has 1 aliphatic heterocycles. The third kappa shape index (κ3) is 5.17. The molecule has 0 aliphatic carbocycles. The first-order valence-corrected chi connectivity index (χ1v) is 12.5. The van der Waals surface area contributed by atoms with Crippen LogP contribution in [0.15, 0.2) is 48.7 Å². The summed E-state index contributed by atoms with van der Waals surface area (Å²) < 4.78 is 1.04. The van der Waals surface area contributed by atoms with Crippen molar-refractivity contribution in [3.8, 4) is 22.8 Å². The van der Waals surface area contributed by atoms with E-state index in [1.54, 1.807) is 12.3 Å². The number of halogens is 1. The lowest BCUT2D eigenvalue weighted by Crippen LogP contribution is -2.28. The van der Waals surface area contributed by atoms with E-state index in [1.807, 2.05) is 36.4 Å². The molecule has 0 unspecified atom stereocenters. The van der Waals surface area contributed by atoms with Gasteiger partial charge in [0.1, 0.15) is 5.82 Å². The SMILES string of the molecule is NC(=O)c1ccc(I)cc1Cc1cccc(-c2cnc(N)c(-c3n[nH]c([C@H]4CCCNC4)n3)n2)c1. The minimum atomic E-state index is -0.434. The van der Waals surface area contributed by atoms with E-state index < -0.39 is 5.91 Å². The minimum Gasteiger partial charge on any atom is -0.382 e. The minimum absolute atomic E-state index is 0.280. The molecule has 1 aliphatic rings. The van der Waals surface area contributed by atoms with Crippen LogP contribution in [-0.4, -0.2) is 44.1 Å². The monoisotopic (exact) mass is 580 g/mol. The van der Waals surface area contributed by atoms with Gasteiger partial charge in [-0.05, 0) is 83.8 Å². The van der Waals surface area contributed by atoms with Crippen molar-refractivity contribution in [3.63, 3.8) is 0 Å². The molecule has 1 fully saturated rings. The van der Waals surface area contributed by atoms with E-state index >= 15 is 0 Å². The third-order valence-electron chi connectivity index (χ3n) is 6.15. The Kier molecular flexibility index (Phi) is 6.73. The lowest BCUT2D eigenvalue weighted by molar-refractivity contribution is 0.0999. The number of nitrogens with one attached hydrogen (secondary N) is 2. The summed E-state index contributed by atoms with van der Waals surface area (Å²) in [5.74, 6) is 1.42. The third-order valence-corrected chi connectivity index (χ3v) is 6.82. The number of benzene rings is 2. The van der Waals surface area contributed by atoms with Crippen molar-refractivity contribution in [2.24, 2.45) is 5.73 Å². The van der Waals surface area contributed by atoms with Crippen LogP contribution in [0.5, 0.6) is 0 Å². The number of carbonyl (C=O) groups excluding carboxylic acids is 1. The second-order valence-corrected chi connectivity index (χ2v) is 9.87. The topological polar surface area (TPSA) is 148 Å². The lowest BCUT2D eigenvalue weighted by atomic mass is 9.97. The summed E-state index contributed by atoms with van der Waals surface area (Å²) in [6, 6.07) is 13.6. The zero-order valence-electron chi connectivity index (χ0n) is 19.0. The van der Waals surface area contributed by atoms with Crippen molar-refractivity contribution in [3.05, 3.63) is 74.7 Å². The van der Waals surface area contributed by atoms with Crippen molar-refractivity contribution >= 4 is 34.3 Å². The molecule has 1 atom stereocenters. The number of primary amides is 1. The van der Waals surface area contributed by atoms with Crippen LogP contribution in [0.25, 0.3) is 22.8 Å². The Morgan fingerprint density at radius 3 is 2.86 bits per heavy atom. The van der Waals surface area contributed by atoms with Gasteiger partial charge in [0.25, 0.3) is 0 Å². The number of nitrogen functional groups attached to an aromatic ring is 1. The molecule has 3 heterocycles. The first-order valence-electron chi connectivity index (χ1n) is 11.4. The summed E-state index contributed by atoms with van der Waals surface area (Å²) in [5.41, 5.74) is 16.2. The van der Waals surface area contributed by atoms with E-state index in [4.69, 9.17) is 16.5 Å². The molecule has 0 bridgehead atoms. The van der Waals surface area contributed by atoms with Gasteiger partial charge in [0.05, 0.1) is 11.9 Å². The molecule has 0 saturated carbocycles. The average molecular weight is 580 g/mol. The molecular formula is C25H25IN8O. The number of rotatable bonds is 6. The standard InChI is InChI=1S/C25H25IN8O/c26-18-6-7-19(23(28)35)17(11-18)10-14-3-1-4-15(9-14)20-13-30-22(27)21(31-20)25-32-24(33-34-25)16-5-2-8-29-12-16/h1,3-4,6-7,9,11,13,16,29H,2,5,8,10,12H2,(H2,27,30)(H2,28,35)(H,32,33,34)/t16-/m0/s1. The normalized spacial score (nSPS) is 15.7. The quantitative estimate of drug-likeness (QED) is 0.256. The van der Waals surface area contributed by atoms with Crippen LogP contribution < -0.4 is 16.8 Å². The first kappa shape index (κ1) is 23.4. The number of H-pyrrole nitrogens is 1. The van der Waals surface area contributed by atoms with Crippen LogP contribution in [0.4, 0.5) is 5.82 Å². The number of nitrogens with zero attached hydrogens (tertiary/aromatic N) is 4. The number of nitrogens with two attached hydrogens (primary N) is 2. The number of amides is 1. The van der Waals surface area contributed by atoms with E-state index in [0.717, 1.165) is 52.0 Å². The van der Waals surface area contributed by atoms with Gasteiger partial charge in [0.15, 0.2) is 11.5 Å². The Balaban J connectivity index is 1.44. The highest BCUT2D eigenvalue weighted by Crippen LogP contribution is 2.27. The van der Waals surface area contributed by atoms with Gasteiger partial charge in [0.2, 0.25) is 11.7 Å². The Bertz CT molecular complexity index is 1380. The van der Waals surface area contributed by atoms with Gasteiger partial charge in [-0.25, -0.2) is 15.0 Å². The highest BCUT2D eigenvalue weighted by atomic mass is 127. The van der Waals surface area contributed by atoms with E-state index in [2.05, 4.69) is 48.1 Å². The number of aromatic amines is 1. The van der Waals surface area contributed by atoms with Crippen molar-refractivity contribution in [1.82, 2.24) is 30.5 Å². The molecule has 178 valence electrons. The van der Waals surface area contributed by atoms with E-state index in [1.165, 1.54) is 0 Å². The Morgan fingerprint density at radius 1 is 1.17 bits per heavy atom. The lowest BCUT2D eigenvalue weighted by Gasteiger charge is -2.20. The molecule has 35 heavy (non-hydrogen) atoms. The van der Waals surface area contributed by atoms with Crippen LogP contribution >= 0.6 is 22.6 Å². The Morgan fingerprint density at radius 2 is 2.06 bits per heavy atom. The number of anilines is 1. The maximum atomic E-state index is 11.9. The van der Waals surface area contributed by atoms with Crippen LogP contribution in [0, 0.1) is 3.57 Å². The zero-order chi connectivity index (χ0) is 24.4. The van der Waals surface area contributed by atoms with Crippen LogP contribution in [0.2, 0.25) is 0 Å². The number of hydrogen-bond acceptors (Lipinski definition) is 7. The Labute approximate surface area is 216 Å². The van der Waals surface area contributed by atoms with E-state index in [0.29, 0.717) is 35.1 Å². The maximum absolute atomic E-state index is 11.9. The Hall–Kier alpha value is -3.38. The van der Waals surface area contributed by atoms with Gasteiger partial charge in [-0.2, -0.15) is 5.10 Å². The molecular weight excluding hydrogens is 555 g/mol. The predicted octanol–water partition coefficient (Wildman–Crippen LogP) is 3.27. The second-order valence-electron chi connectivity index (χ2n) is 8.62. The van der Waals surface area contributed by atoms with Crippen LogP contribution in [0.1, 0.15) is 46.1 Å². The van der Waals surface area contributed by atoms with Gasteiger partial charge >= 0.3 is 0 Å². The summed E-state index contributed by atoms with van der Waals surface area (Å²) in [6.45, 7) is 1.91. The van der Waals surface area contributed by atoms with Crippen LogP contribution in [-0.2, 0) is 6.42 Å². The maximum Gasteiger partial charge on any atom is 0.248 e. The second kappa shape index (κ2) is 10.1.